The molecule has 0 spiro atoms. The van der Waals surface area contributed by atoms with Gasteiger partial charge in [-0.05, 0) is 37.0 Å². The molecule has 7 heteroatoms. The summed E-state index contributed by atoms with van der Waals surface area (Å²) in [6.07, 6.45) is 0.141. The van der Waals surface area contributed by atoms with Crippen molar-refractivity contribution in [3.63, 3.8) is 0 Å². The van der Waals surface area contributed by atoms with E-state index >= 15 is 0 Å². The summed E-state index contributed by atoms with van der Waals surface area (Å²) < 4.78 is 5.44. The number of guanidine groups is 1. The zero-order valence-corrected chi connectivity index (χ0v) is 17.9. The molecule has 0 saturated carbocycles. The molecule has 0 aliphatic rings. The van der Waals surface area contributed by atoms with Crippen molar-refractivity contribution >= 4 is 11.9 Å². The number of aliphatic hydroxyl groups excluding tert-OH is 1. The van der Waals surface area contributed by atoms with E-state index in [2.05, 4.69) is 29.5 Å². The van der Waals surface area contributed by atoms with Crippen molar-refractivity contribution < 1.29 is 14.6 Å². The number of aliphatic imine (C=N–C) groups is 1. The Hall–Kier alpha value is -2.12. The number of hydrogen-bond acceptors (Lipinski definition) is 4. The van der Waals surface area contributed by atoms with Gasteiger partial charge in [-0.1, -0.05) is 26.0 Å². The molecule has 1 amide bonds. The average molecular weight is 393 g/mol. The Morgan fingerprint density at radius 1 is 1.25 bits per heavy atom. The highest BCUT2D eigenvalue weighted by Gasteiger charge is 2.09. The first-order chi connectivity index (χ1) is 13.3. The molecule has 0 bridgehead atoms. The Labute approximate surface area is 169 Å². The summed E-state index contributed by atoms with van der Waals surface area (Å²) >= 11 is 0. The van der Waals surface area contributed by atoms with Crippen LogP contribution in [0.15, 0.2) is 29.3 Å². The predicted octanol–water partition coefficient (Wildman–Crippen LogP) is 1.52. The van der Waals surface area contributed by atoms with Crippen LogP contribution in [0.2, 0.25) is 0 Å². The van der Waals surface area contributed by atoms with E-state index in [9.17, 15) is 9.90 Å². The third-order valence-corrected chi connectivity index (χ3v) is 3.85. The molecule has 0 radical (unpaired) electrons. The second-order valence-electron chi connectivity index (χ2n) is 7.38. The van der Waals surface area contributed by atoms with E-state index < -0.39 is 6.10 Å². The third-order valence-electron chi connectivity index (χ3n) is 3.85. The maximum Gasteiger partial charge on any atom is 0.253 e. The minimum absolute atomic E-state index is 0.00150. The molecule has 3 N–H and O–H groups in total. The van der Waals surface area contributed by atoms with Crippen LogP contribution in [-0.4, -0.2) is 74.9 Å². The normalized spacial score (nSPS) is 12.8. The SMILES string of the molecule is CCNC(=NCC(O)COCC(C)C)NCCc1cccc(C(=O)N(C)C)c1. The van der Waals surface area contributed by atoms with Gasteiger partial charge in [0.15, 0.2) is 5.96 Å². The lowest BCUT2D eigenvalue weighted by molar-refractivity contribution is 0.0301. The monoisotopic (exact) mass is 392 g/mol. The van der Waals surface area contributed by atoms with E-state index in [1.165, 1.54) is 0 Å². The first kappa shape index (κ1) is 23.9. The van der Waals surface area contributed by atoms with Crippen LogP contribution in [0, 0.1) is 5.92 Å². The van der Waals surface area contributed by atoms with Gasteiger partial charge in [-0.3, -0.25) is 9.79 Å². The minimum Gasteiger partial charge on any atom is -0.389 e. The van der Waals surface area contributed by atoms with Crippen molar-refractivity contribution in [2.24, 2.45) is 10.9 Å². The third kappa shape index (κ3) is 9.71. The van der Waals surface area contributed by atoms with Crippen LogP contribution in [0.25, 0.3) is 0 Å². The van der Waals surface area contributed by atoms with Crippen molar-refractivity contribution in [3.8, 4) is 0 Å². The average Bonchev–Trinajstić information content (AvgIpc) is 2.65. The Morgan fingerprint density at radius 2 is 2.00 bits per heavy atom. The van der Waals surface area contributed by atoms with E-state index in [0.717, 1.165) is 18.5 Å². The van der Waals surface area contributed by atoms with Gasteiger partial charge in [-0.25, -0.2) is 0 Å². The number of aliphatic hydroxyl groups is 1. The highest BCUT2D eigenvalue weighted by atomic mass is 16.5. The molecule has 7 nitrogen and oxygen atoms in total. The molecule has 28 heavy (non-hydrogen) atoms. The van der Waals surface area contributed by atoms with Crippen molar-refractivity contribution in [2.75, 3.05) is 46.9 Å². The first-order valence-corrected chi connectivity index (χ1v) is 9.92. The Kier molecular flexibility index (Phi) is 11.2. The highest BCUT2D eigenvalue weighted by Crippen LogP contribution is 2.07. The van der Waals surface area contributed by atoms with E-state index in [-0.39, 0.29) is 19.1 Å². The van der Waals surface area contributed by atoms with Crippen LogP contribution in [0.5, 0.6) is 0 Å². The van der Waals surface area contributed by atoms with Gasteiger partial charge in [0.1, 0.15) is 0 Å². The lowest BCUT2D eigenvalue weighted by Crippen LogP contribution is -2.39. The molecule has 1 rings (SSSR count). The Balaban J connectivity index is 2.50. The smallest absolute Gasteiger partial charge is 0.253 e. The van der Waals surface area contributed by atoms with Crippen LogP contribution < -0.4 is 10.6 Å². The van der Waals surface area contributed by atoms with Gasteiger partial charge in [0.2, 0.25) is 0 Å². The molecule has 1 unspecified atom stereocenters. The quantitative estimate of drug-likeness (QED) is 0.393. The van der Waals surface area contributed by atoms with Crippen LogP contribution in [0.1, 0.15) is 36.7 Å². The summed E-state index contributed by atoms with van der Waals surface area (Å²) in [5, 5.41) is 16.4. The van der Waals surface area contributed by atoms with Gasteiger partial charge in [-0.15, -0.1) is 0 Å². The number of benzene rings is 1. The molecule has 158 valence electrons. The summed E-state index contributed by atoms with van der Waals surface area (Å²) in [5.41, 5.74) is 1.77. The van der Waals surface area contributed by atoms with Crippen molar-refractivity contribution in [1.82, 2.24) is 15.5 Å². The molecule has 0 aliphatic carbocycles. The van der Waals surface area contributed by atoms with Crippen LogP contribution in [0.4, 0.5) is 0 Å². The molecule has 0 saturated heterocycles. The fourth-order valence-corrected chi connectivity index (χ4v) is 2.47. The fourth-order valence-electron chi connectivity index (χ4n) is 2.47. The number of ether oxygens (including phenoxy) is 1. The molecule has 1 aromatic rings. The summed E-state index contributed by atoms with van der Waals surface area (Å²) in [5.74, 6) is 1.10. The predicted molar refractivity (Wildman–Crippen MR) is 114 cm³/mol. The summed E-state index contributed by atoms with van der Waals surface area (Å²) in [6.45, 7) is 8.75. The number of nitrogens with one attached hydrogen (secondary N) is 2. The molecule has 0 fully saturated rings. The van der Waals surface area contributed by atoms with Gasteiger partial charge in [0.25, 0.3) is 5.91 Å². The lowest BCUT2D eigenvalue weighted by atomic mass is 10.1. The van der Waals surface area contributed by atoms with Gasteiger partial charge in [0, 0.05) is 39.4 Å². The maximum atomic E-state index is 12.1. The van der Waals surface area contributed by atoms with Gasteiger partial charge in [0.05, 0.1) is 19.3 Å². The van der Waals surface area contributed by atoms with Crippen molar-refractivity contribution in [1.29, 1.82) is 0 Å². The topological polar surface area (TPSA) is 86.2 Å². The molecular weight excluding hydrogens is 356 g/mol. The minimum atomic E-state index is -0.622. The zero-order valence-electron chi connectivity index (χ0n) is 17.9. The largest absolute Gasteiger partial charge is 0.389 e. The molecule has 0 aliphatic heterocycles. The van der Waals surface area contributed by atoms with Gasteiger partial charge >= 0.3 is 0 Å². The first-order valence-electron chi connectivity index (χ1n) is 9.92. The number of carbonyl (C=O) groups excluding carboxylic acids is 1. The zero-order chi connectivity index (χ0) is 20.9. The molecular formula is C21H36N4O3. The summed E-state index contributed by atoms with van der Waals surface area (Å²) in [6, 6.07) is 7.66. The van der Waals surface area contributed by atoms with Crippen LogP contribution >= 0.6 is 0 Å². The Bertz CT molecular complexity index is 617. The number of rotatable bonds is 11. The van der Waals surface area contributed by atoms with Crippen LogP contribution in [0.3, 0.4) is 0 Å². The molecule has 1 atom stereocenters. The van der Waals surface area contributed by atoms with Crippen molar-refractivity contribution in [2.45, 2.75) is 33.3 Å². The molecule has 0 heterocycles. The van der Waals surface area contributed by atoms with E-state index in [0.29, 0.717) is 30.6 Å². The molecule has 0 aromatic heterocycles. The number of amides is 1. The second-order valence-corrected chi connectivity index (χ2v) is 7.38. The second kappa shape index (κ2) is 13.1. The van der Waals surface area contributed by atoms with E-state index in [1.54, 1.807) is 19.0 Å². The standard InChI is InChI=1S/C21H36N4O3/c1-6-22-21(24-13-19(26)15-28-14-16(2)3)23-11-10-17-8-7-9-18(12-17)20(27)25(4)5/h7-9,12,16,19,26H,6,10-11,13-15H2,1-5H3,(H2,22,23,24). The van der Waals surface area contributed by atoms with E-state index in [4.69, 9.17) is 4.74 Å². The Morgan fingerprint density at radius 3 is 2.64 bits per heavy atom. The lowest BCUT2D eigenvalue weighted by Gasteiger charge is -2.14. The molecule has 1 aromatic carbocycles. The number of hydrogen-bond donors (Lipinski definition) is 3. The van der Waals surface area contributed by atoms with Crippen molar-refractivity contribution in [3.05, 3.63) is 35.4 Å². The fraction of sp³-hybridized carbons (Fsp3) is 0.619. The number of carbonyl (C=O) groups is 1. The number of nitrogens with zero attached hydrogens (tertiary/aromatic N) is 2. The maximum absolute atomic E-state index is 12.1. The van der Waals surface area contributed by atoms with E-state index in [1.807, 2.05) is 31.2 Å². The highest BCUT2D eigenvalue weighted by molar-refractivity contribution is 5.94. The van der Waals surface area contributed by atoms with Gasteiger partial charge in [-0.2, -0.15) is 0 Å². The van der Waals surface area contributed by atoms with Gasteiger partial charge < -0.3 is 25.4 Å². The summed E-state index contributed by atoms with van der Waals surface area (Å²) in [4.78, 5) is 18.1. The van der Waals surface area contributed by atoms with Crippen LogP contribution in [-0.2, 0) is 11.2 Å². The summed E-state index contributed by atoms with van der Waals surface area (Å²) in [7, 11) is 3.50.